The van der Waals surface area contributed by atoms with E-state index in [1.165, 1.54) is 5.56 Å². The zero-order chi connectivity index (χ0) is 14.4. The summed E-state index contributed by atoms with van der Waals surface area (Å²) in [7, 11) is 0. The van der Waals surface area contributed by atoms with Crippen LogP contribution >= 0.6 is 0 Å². The Bertz CT molecular complexity index is 512. The molecule has 0 unspecified atom stereocenters. The molecule has 1 aromatic carbocycles. The first-order chi connectivity index (χ1) is 9.70. The van der Waals surface area contributed by atoms with E-state index >= 15 is 0 Å². The van der Waals surface area contributed by atoms with Crippen molar-refractivity contribution in [3.05, 3.63) is 59.9 Å². The molecule has 0 aliphatic carbocycles. The number of rotatable bonds is 6. The van der Waals surface area contributed by atoms with Crippen molar-refractivity contribution in [2.75, 3.05) is 18.1 Å². The molecule has 2 aromatic rings. The van der Waals surface area contributed by atoms with E-state index in [-0.39, 0.29) is 6.61 Å². The lowest BCUT2D eigenvalue weighted by molar-refractivity contribution is 0.194. The van der Waals surface area contributed by atoms with Gasteiger partial charge in [-0.15, -0.1) is 0 Å². The highest BCUT2D eigenvalue weighted by Gasteiger charge is 2.09. The number of aliphatic hydroxyl groups is 2. The smallest absolute Gasteiger partial charge is 0.0931 e. The van der Waals surface area contributed by atoms with E-state index in [1.807, 2.05) is 30.3 Å². The molecule has 0 aliphatic heterocycles. The van der Waals surface area contributed by atoms with Crippen LogP contribution in [0.15, 0.2) is 48.7 Å². The Morgan fingerprint density at radius 2 is 1.90 bits per heavy atom. The van der Waals surface area contributed by atoms with Gasteiger partial charge < -0.3 is 15.1 Å². The fraction of sp³-hybridized carbons (Fsp3) is 0.312. The van der Waals surface area contributed by atoms with Crippen LogP contribution in [0.3, 0.4) is 0 Å². The van der Waals surface area contributed by atoms with Crippen LogP contribution in [0.25, 0.3) is 0 Å². The second kappa shape index (κ2) is 7.03. The van der Waals surface area contributed by atoms with Crippen molar-refractivity contribution in [2.24, 2.45) is 0 Å². The predicted octanol–water partition coefficient (Wildman–Crippen LogP) is 2.13. The SMILES string of the molecule is C[C@H](O)c1ccc(N(CCO)Cc2ccccc2)cn1. The van der Waals surface area contributed by atoms with Gasteiger partial charge in [0.15, 0.2) is 0 Å². The fourth-order valence-electron chi connectivity index (χ4n) is 2.06. The van der Waals surface area contributed by atoms with Crippen LogP contribution in [-0.4, -0.2) is 28.3 Å². The van der Waals surface area contributed by atoms with Gasteiger partial charge in [0.1, 0.15) is 0 Å². The van der Waals surface area contributed by atoms with E-state index in [1.54, 1.807) is 13.1 Å². The van der Waals surface area contributed by atoms with Crippen LogP contribution in [0.2, 0.25) is 0 Å². The lowest BCUT2D eigenvalue weighted by Crippen LogP contribution is -2.26. The van der Waals surface area contributed by atoms with Gasteiger partial charge >= 0.3 is 0 Å². The van der Waals surface area contributed by atoms with Crippen LogP contribution in [0.4, 0.5) is 5.69 Å². The number of hydrogen-bond donors (Lipinski definition) is 2. The molecule has 0 fully saturated rings. The summed E-state index contributed by atoms with van der Waals surface area (Å²) in [6.45, 7) is 3.05. The number of pyridine rings is 1. The van der Waals surface area contributed by atoms with Crippen LogP contribution in [0.5, 0.6) is 0 Å². The fourth-order valence-corrected chi connectivity index (χ4v) is 2.06. The first-order valence-corrected chi connectivity index (χ1v) is 6.74. The third-order valence-corrected chi connectivity index (χ3v) is 3.15. The van der Waals surface area contributed by atoms with Gasteiger partial charge in [0.05, 0.1) is 30.3 Å². The molecule has 2 rings (SSSR count). The van der Waals surface area contributed by atoms with Gasteiger partial charge in [-0.25, -0.2) is 0 Å². The number of hydrogen-bond acceptors (Lipinski definition) is 4. The van der Waals surface area contributed by atoms with Gasteiger partial charge in [0.2, 0.25) is 0 Å². The Morgan fingerprint density at radius 3 is 2.45 bits per heavy atom. The maximum Gasteiger partial charge on any atom is 0.0931 e. The summed E-state index contributed by atoms with van der Waals surface area (Å²) in [5.74, 6) is 0. The minimum atomic E-state index is -0.565. The standard InChI is InChI=1S/C16H20N2O2/c1-13(20)16-8-7-15(11-17-16)18(9-10-19)12-14-5-3-2-4-6-14/h2-8,11,13,19-20H,9-10,12H2,1H3/t13-/m0/s1. The second-order valence-corrected chi connectivity index (χ2v) is 4.75. The van der Waals surface area contributed by atoms with Gasteiger partial charge in [0.25, 0.3) is 0 Å². The summed E-state index contributed by atoms with van der Waals surface area (Å²) in [6, 6.07) is 13.8. The van der Waals surface area contributed by atoms with Crippen molar-refractivity contribution in [3.8, 4) is 0 Å². The first-order valence-electron chi connectivity index (χ1n) is 6.74. The molecule has 0 aliphatic rings. The molecule has 4 heteroatoms. The molecule has 0 radical (unpaired) electrons. The molecule has 106 valence electrons. The van der Waals surface area contributed by atoms with Gasteiger partial charge in [-0.3, -0.25) is 4.98 Å². The predicted molar refractivity (Wildman–Crippen MR) is 79.4 cm³/mol. The highest BCUT2D eigenvalue weighted by atomic mass is 16.3. The molecule has 0 spiro atoms. The number of benzene rings is 1. The third kappa shape index (κ3) is 3.79. The van der Waals surface area contributed by atoms with E-state index in [0.29, 0.717) is 12.2 Å². The Hall–Kier alpha value is -1.91. The van der Waals surface area contributed by atoms with Crippen molar-refractivity contribution >= 4 is 5.69 Å². The largest absolute Gasteiger partial charge is 0.395 e. The second-order valence-electron chi connectivity index (χ2n) is 4.75. The molecule has 0 amide bonds. The molecule has 20 heavy (non-hydrogen) atoms. The summed E-state index contributed by atoms with van der Waals surface area (Å²) >= 11 is 0. The van der Waals surface area contributed by atoms with E-state index in [9.17, 15) is 10.2 Å². The quantitative estimate of drug-likeness (QED) is 0.846. The maximum atomic E-state index is 9.48. The lowest BCUT2D eigenvalue weighted by atomic mass is 10.2. The van der Waals surface area contributed by atoms with Crippen molar-refractivity contribution in [1.29, 1.82) is 0 Å². The Morgan fingerprint density at radius 1 is 1.15 bits per heavy atom. The van der Waals surface area contributed by atoms with Gasteiger partial charge in [-0.05, 0) is 24.6 Å². The van der Waals surface area contributed by atoms with Gasteiger partial charge in [-0.2, -0.15) is 0 Å². The van der Waals surface area contributed by atoms with Crippen LogP contribution in [0, 0.1) is 0 Å². The van der Waals surface area contributed by atoms with E-state index in [2.05, 4.69) is 22.0 Å². The lowest BCUT2D eigenvalue weighted by Gasteiger charge is -2.24. The minimum absolute atomic E-state index is 0.0883. The number of aliphatic hydroxyl groups excluding tert-OH is 2. The van der Waals surface area contributed by atoms with Crippen LogP contribution in [0.1, 0.15) is 24.3 Å². The van der Waals surface area contributed by atoms with E-state index in [0.717, 1.165) is 12.2 Å². The van der Waals surface area contributed by atoms with Crippen molar-refractivity contribution < 1.29 is 10.2 Å². The molecule has 2 N–H and O–H groups in total. The van der Waals surface area contributed by atoms with Gasteiger partial charge in [0, 0.05) is 13.1 Å². The minimum Gasteiger partial charge on any atom is -0.395 e. The molecule has 1 atom stereocenters. The molecular weight excluding hydrogens is 252 g/mol. The highest BCUT2D eigenvalue weighted by molar-refractivity contribution is 5.45. The van der Waals surface area contributed by atoms with Crippen LogP contribution < -0.4 is 4.90 Å². The normalized spacial score (nSPS) is 12.2. The number of nitrogens with zero attached hydrogens (tertiary/aromatic N) is 2. The Kier molecular flexibility index (Phi) is 5.09. The summed E-state index contributed by atoms with van der Waals surface area (Å²) in [6.07, 6.45) is 1.17. The van der Waals surface area contributed by atoms with Crippen molar-refractivity contribution in [3.63, 3.8) is 0 Å². The summed E-state index contributed by atoms with van der Waals surface area (Å²) in [5.41, 5.74) is 2.77. The Balaban J connectivity index is 2.15. The van der Waals surface area contributed by atoms with E-state index < -0.39 is 6.10 Å². The summed E-state index contributed by atoms with van der Waals surface area (Å²) in [4.78, 5) is 6.31. The zero-order valence-corrected chi connectivity index (χ0v) is 11.6. The number of anilines is 1. The monoisotopic (exact) mass is 272 g/mol. The van der Waals surface area contributed by atoms with E-state index in [4.69, 9.17) is 0 Å². The summed E-state index contributed by atoms with van der Waals surface area (Å²) < 4.78 is 0. The molecule has 4 nitrogen and oxygen atoms in total. The molecule has 0 bridgehead atoms. The molecule has 0 saturated carbocycles. The molecular formula is C16H20N2O2. The van der Waals surface area contributed by atoms with Crippen LogP contribution in [-0.2, 0) is 6.54 Å². The molecule has 0 saturated heterocycles. The first kappa shape index (κ1) is 14.5. The molecule has 1 heterocycles. The number of aromatic nitrogens is 1. The highest BCUT2D eigenvalue weighted by Crippen LogP contribution is 2.18. The topological polar surface area (TPSA) is 56.6 Å². The third-order valence-electron chi connectivity index (χ3n) is 3.15. The Labute approximate surface area is 119 Å². The van der Waals surface area contributed by atoms with Crippen molar-refractivity contribution in [2.45, 2.75) is 19.6 Å². The zero-order valence-electron chi connectivity index (χ0n) is 11.6. The average molecular weight is 272 g/mol. The summed E-state index contributed by atoms with van der Waals surface area (Å²) in [5, 5.41) is 18.7. The maximum absolute atomic E-state index is 9.48. The van der Waals surface area contributed by atoms with Crippen molar-refractivity contribution in [1.82, 2.24) is 4.98 Å². The average Bonchev–Trinajstić information content (AvgIpc) is 2.48. The van der Waals surface area contributed by atoms with Gasteiger partial charge in [-0.1, -0.05) is 30.3 Å². The molecule has 1 aromatic heterocycles.